The van der Waals surface area contributed by atoms with Gasteiger partial charge in [0.15, 0.2) is 10.9 Å². The summed E-state index contributed by atoms with van der Waals surface area (Å²) in [7, 11) is 3.22. The number of fused-ring (bicyclic) bond motifs is 1. The molecule has 0 aliphatic carbocycles. The Morgan fingerprint density at radius 3 is 2.88 bits per heavy atom. The smallest absolute Gasteiger partial charge is 0.274 e. The first-order valence-corrected chi connectivity index (χ1v) is 5.28. The van der Waals surface area contributed by atoms with Crippen LogP contribution in [0.5, 0.6) is 5.75 Å². The zero-order chi connectivity index (χ0) is 11.7. The van der Waals surface area contributed by atoms with Crippen LogP contribution in [-0.4, -0.2) is 24.1 Å². The van der Waals surface area contributed by atoms with Crippen LogP contribution >= 0.6 is 11.3 Å². The minimum Gasteiger partial charge on any atom is -0.494 e. The van der Waals surface area contributed by atoms with Gasteiger partial charge in [-0.15, -0.1) is 0 Å². The van der Waals surface area contributed by atoms with Crippen molar-refractivity contribution in [1.82, 2.24) is 4.98 Å². The Bertz CT molecular complexity index is 552. The second-order valence-corrected chi connectivity index (χ2v) is 4.05. The number of nitrogens with zero attached hydrogens (tertiary/aromatic N) is 2. The number of benzene rings is 1. The Labute approximate surface area is 95.0 Å². The lowest BCUT2D eigenvalue weighted by Gasteiger charge is -1.99. The zero-order valence-corrected chi connectivity index (χ0v) is 9.50. The van der Waals surface area contributed by atoms with Gasteiger partial charge in [0.05, 0.1) is 22.8 Å². The van der Waals surface area contributed by atoms with Crippen LogP contribution in [0.15, 0.2) is 12.1 Å². The number of thiazole rings is 1. The first-order chi connectivity index (χ1) is 7.65. The van der Waals surface area contributed by atoms with E-state index in [1.807, 2.05) is 0 Å². The second-order valence-electron chi connectivity index (χ2n) is 3.02. The van der Waals surface area contributed by atoms with Gasteiger partial charge in [0.2, 0.25) is 0 Å². The molecule has 6 nitrogen and oxygen atoms in total. The van der Waals surface area contributed by atoms with Gasteiger partial charge >= 0.3 is 0 Å². The molecule has 0 aliphatic heterocycles. The molecule has 0 fully saturated rings. The Balaban J connectivity index is 2.70. The van der Waals surface area contributed by atoms with E-state index < -0.39 is 4.92 Å². The fourth-order valence-electron chi connectivity index (χ4n) is 1.35. The van der Waals surface area contributed by atoms with E-state index in [9.17, 15) is 10.1 Å². The molecule has 2 rings (SSSR count). The molecule has 0 bridgehead atoms. The quantitative estimate of drug-likeness (QED) is 0.656. The molecular formula is C9H9N3O3S. The predicted molar refractivity (Wildman–Crippen MR) is 62.4 cm³/mol. The number of ether oxygens (including phenoxy) is 1. The molecule has 0 radical (unpaired) electrons. The van der Waals surface area contributed by atoms with Crippen molar-refractivity contribution in [2.24, 2.45) is 0 Å². The molecule has 7 heteroatoms. The Hall–Kier alpha value is -1.89. The molecular weight excluding hydrogens is 230 g/mol. The van der Waals surface area contributed by atoms with Crippen molar-refractivity contribution in [3.8, 4) is 5.75 Å². The number of anilines is 1. The summed E-state index contributed by atoms with van der Waals surface area (Å²) in [5, 5.41) is 14.3. The third-order valence-electron chi connectivity index (χ3n) is 2.09. The summed E-state index contributed by atoms with van der Waals surface area (Å²) < 4.78 is 5.82. The van der Waals surface area contributed by atoms with Gasteiger partial charge in [-0.25, -0.2) is 4.98 Å². The van der Waals surface area contributed by atoms with Gasteiger partial charge in [0.25, 0.3) is 5.69 Å². The van der Waals surface area contributed by atoms with Gasteiger partial charge in [-0.2, -0.15) is 0 Å². The number of nitrogens with one attached hydrogen (secondary N) is 1. The third kappa shape index (κ3) is 1.65. The van der Waals surface area contributed by atoms with Crippen LogP contribution in [0.4, 0.5) is 10.8 Å². The summed E-state index contributed by atoms with van der Waals surface area (Å²) in [4.78, 5) is 14.5. The van der Waals surface area contributed by atoms with Crippen molar-refractivity contribution in [1.29, 1.82) is 0 Å². The van der Waals surface area contributed by atoms with Crippen molar-refractivity contribution < 1.29 is 9.66 Å². The number of hydrogen-bond donors (Lipinski definition) is 1. The highest BCUT2D eigenvalue weighted by atomic mass is 32.1. The average molecular weight is 239 g/mol. The summed E-state index contributed by atoms with van der Waals surface area (Å²) in [5.41, 5.74) is 0.651. The zero-order valence-electron chi connectivity index (χ0n) is 8.68. The van der Waals surface area contributed by atoms with E-state index in [4.69, 9.17) is 4.74 Å². The summed E-state index contributed by atoms with van der Waals surface area (Å²) in [5.74, 6) is 0.418. The first kappa shape index (κ1) is 10.6. The Morgan fingerprint density at radius 2 is 2.31 bits per heavy atom. The summed E-state index contributed by atoms with van der Waals surface area (Å²) in [6, 6.07) is 2.87. The number of nitro groups is 1. The molecule has 2 aromatic rings. The third-order valence-corrected chi connectivity index (χ3v) is 3.11. The highest BCUT2D eigenvalue weighted by molar-refractivity contribution is 7.22. The minimum absolute atomic E-state index is 0.00986. The van der Waals surface area contributed by atoms with Gasteiger partial charge in [0, 0.05) is 13.1 Å². The largest absolute Gasteiger partial charge is 0.494 e. The molecule has 0 aliphatic rings. The second kappa shape index (κ2) is 3.93. The van der Waals surface area contributed by atoms with Crippen LogP contribution < -0.4 is 10.1 Å². The molecule has 1 N–H and O–H groups in total. The fourth-order valence-corrected chi connectivity index (χ4v) is 2.22. The van der Waals surface area contributed by atoms with E-state index in [1.165, 1.54) is 30.6 Å². The molecule has 0 spiro atoms. The number of hydrogen-bond acceptors (Lipinski definition) is 6. The van der Waals surface area contributed by atoms with Crippen molar-refractivity contribution in [3.63, 3.8) is 0 Å². The summed E-state index contributed by atoms with van der Waals surface area (Å²) in [6.45, 7) is 0. The van der Waals surface area contributed by atoms with E-state index in [-0.39, 0.29) is 5.69 Å². The first-order valence-electron chi connectivity index (χ1n) is 4.46. The Kier molecular flexibility index (Phi) is 2.61. The van der Waals surface area contributed by atoms with Crippen LogP contribution in [0.2, 0.25) is 0 Å². The topological polar surface area (TPSA) is 77.3 Å². The molecule has 16 heavy (non-hydrogen) atoms. The van der Waals surface area contributed by atoms with Gasteiger partial charge in [-0.3, -0.25) is 10.1 Å². The molecule has 1 heterocycles. The molecule has 0 saturated carbocycles. The highest BCUT2D eigenvalue weighted by Crippen LogP contribution is 2.35. The highest BCUT2D eigenvalue weighted by Gasteiger charge is 2.15. The Morgan fingerprint density at radius 1 is 1.56 bits per heavy atom. The van der Waals surface area contributed by atoms with E-state index in [2.05, 4.69) is 10.3 Å². The van der Waals surface area contributed by atoms with Crippen molar-refractivity contribution >= 4 is 32.4 Å². The van der Waals surface area contributed by atoms with Crippen LogP contribution in [0.3, 0.4) is 0 Å². The monoisotopic (exact) mass is 239 g/mol. The molecule has 1 aromatic heterocycles. The van der Waals surface area contributed by atoms with E-state index >= 15 is 0 Å². The number of methoxy groups -OCH3 is 1. The van der Waals surface area contributed by atoms with E-state index in [0.717, 1.165) is 4.70 Å². The van der Waals surface area contributed by atoms with Gasteiger partial charge in [0.1, 0.15) is 5.52 Å². The molecule has 0 atom stereocenters. The average Bonchev–Trinajstić information content (AvgIpc) is 2.70. The maximum Gasteiger partial charge on any atom is 0.274 e. The SMILES string of the molecule is CNc1nc2c(OC)cc([N+](=O)[O-])cc2s1. The molecule has 0 unspecified atom stereocenters. The lowest BCUT2D eigenvalue weighted by Crippen LogP contribution is -1.91. The number of nitro benzene ring substituents is 1. The molecule has 1 aromatic carbocycles. The molecule has 0 saturated heterocycles. The summed E-state index contributed by atoms with van der Waals surface area (Å²) in [6.07, 6.45) is 0. The standard InChI is InChI=1S/C9H9N3O3S/c1-10-9-11-8-6(15-2)3-5(12(13)14)4-7(8)16-9/h3-4H,1-2H3,(H,10,11). The maximum atomic E-state index is 10.7. The van der Waals surface area contributed by atoms with Gasteiger partial charge in [-0.05, 0) is 0 Å². The molecule has 0 amide bonds. The van der Waals surface area contributed by atoms with E-state index in [0.29, 0.717) is 16.4 Å². The lowest BCUT2D eigenvalue weighted by atomic mass is 10.3. The van der Waals surface area contributed by atoms with Crippen molar-refractivity contribution in [3.05, 3.63) is 22.2 Å². The summed E-state index contributed by atoms with van der Waals surface area (Å²) >= 11 is 1.35. The fraction of sp³-hybridized carbons (Fsp3) is 0.222. The van der Waals surface area contributed by atoms with Crippen molar-refractivity contribution in [2.45, 2.75) is 0 Å². The van der Waals surface area contributed by atoms with Crippen LogP contribution in [-0.2, 0) is 0 Å². The van der Waals surface area contributed by atoms with Crippen LogP contribution in [0.25, 0.3) is 10.2 Å². The predicted octanol–water partition coefficient (Wildman–Crippen LogP) is 2.25. The minimum atomic E-state index is -0.444. The number of non-ortho nitro benzene ring substituents is 1. The van der Waals surface area contributed by atoms with Crippen LogP contribution in [0, 0.1) is 10.1 Å². The number of rotatable bonds is 3. The normalized spacial score (nSPS) is 10.4. The maximum absolute atomic E-state index is 10.7. The lowest BCUT2D eigenvalue weighted by molar-refractivity contribution is -0.384. The van der Waals surface area contributed by atoms with Crippen LogP contribution in [0.1, 0.15) is 0 Å². The van der Waals surface area contributed by atoms with E-state index in [1.54, 1.807) is 7.05 Å². The molecule has 84 valence electrons. The van der Waals surface area contributed by atoms with Gasteiger partial charge < -0.3 is 10.1 Å². The number of aromatic nitrogens is 1. The van der Waals surface area contributed by atoms with Gasteiger partial charge in [-0.1, -0.05) is 11.3 Å². The van der Waals surface area contributed by atoms with Crippen molar-refractivity contribution in [2.75, 3.05) is 19.5 Å².